The first-order valence-corrected chi connectivity index (χ1v) is 7.75. The molecule has 5 nitrogen and oxygen atoms in total. The highest BCUT2D eigenvalue weighted by atomic mass is 19.1. The van der Waals surface area contributed by atoms with Crippen molar-refractivity contribution in [3.05, 3.63) is 52.6 Å². The average Bonchev–Trinajstić information content (AvgIpc) is 2.85. The van der Waals surface area contributed by atoms with Crippen LogP contribution >= 0.6 is 0 Å². The fraction of sp³-hybridized carbons (Fsp3) is 0.412. The molecule has 1 aliphatic heterocycles. The van der Waals surface area contributed by atoms with Crippen LogP contribution in [0.3, 0.4) is 0 Å². The fourth-order valence-electron chi connectivity index (χ4n) is 3.02. The van der Waals surface area contributed by atoms with E-state index in [0.717, 1.165) is 36.5 Å². The normalized spacial score (nSPS) is 14.7. The van der Waals surface area contributed by atoms with Crippen molar-refractivity contribution in [2.75, 3.05) is 13.6 Å². The first-order chi connectivity index (χ1) is 11.0. The SMILES string of the molecule is CN1CCc2c(c(Cc3ccc(F)cc3)nn2CCC(=O)O)C1. The zero-order chi connectivity index (χ0) is 16.4. The van der Waals surface area contributed by atoms with Crippen molar-refractivity contribution >= 4 is 5.97 Å². The molecule has 2 heterocycles. The second kappa shape index (κ2) is 6.50. The third-order valence-electron chi connectivity index (χ3n) is 4.23. The van der Waals surface area contributed by atoms with E-state index in [1.807, 2.05) is 4.68 Å². The summed E-state index contributed by atoms with van der Waals surface area (Å²) in [6.07, 6.45) is 1.58. The molecule has 1 aliphatic rings. The van der Waals surface area contributed by atoms with E-state index in [4.69, 9.17) is 5.11 Å². The zero-order valence-electron chi connectivity index (χ0n) is 13.1. The van der Waals surface area contributed by atoms with Gasteiger partial charge in [0.2, 0.25) is 0 Å². The molecule has 2 aromatic rings. The van der Waals surface area contributed by atoms with Crippen molar-refractivity contribution < 1.29 is 14.3 Å². The molecule has 0 bridgehead atoms. The molecular weight excluding hydrogens is 297 g/mol. The highest BCUT2D eigenvalue weighted by molar-refractivity contribution is 5.66. The van der Waals surface area contributed by atoms with Gasteiger partial charge in [-0.05, 0) is 24.7 Å². The summed E-state index contributed by atoms with van der Waals surface area (Å²) in [4.78, 5) is 13.1. The van der Waals surface area contributed by atoms with E-state index in [2.05, 4.69) is 17.0 Å². The van der Waals surface area contributed by atoms with Crippen LogP contribution in [0, 0.1) is 5.82 Å². The molecule has 0 atom stereocenters. The molecule has 0 spiro atoms. The summed E-state index contributed by atoms with van der Waals surface area (Å²) in [6.45, 7) is 2.16. The number of carbonyl (C=O) groups is 1. The number of aliphatic carboxylic acids is 1. The van der Waals surface area contributed by atoms with Gasteiger partial charge in [-0.3, -0.25) is 9.48 Å². The molecule has 0 fully saturated rings. The van der Waals surface area contributed by atoms with Crippen molar-refractivity contribution in [2.24, 2.45) is 0 Å². The largest absolute Gasteiger partial charge is 0.481 e. The molecule has 23 heavy (non-hydrogen) atoms. The molecule has 1 aromatic heterocycles. The Balaban J connectivity index is 1.89. The predicted octanol–water partition coefficient (Wildman–Crippen LogP) is 2.08. The van der Waals surface area contributed by atoms with Crippen LogP contribution in [0.2, 0.25) is 0 Å². The lowest BCUT2D eigenvalue weighted by atomic mass is 10.0. The summed E-state index contributed by atoms with van der Waals surface area (Å²) in [6, 6.07) is 6.44. The van der Waals surface area contributed by atoms with Crippen LogP contribution < -0.4 is 0 Å². The predicted molar refractivity (Wildman–Crippen MR) is 83.7 cm³/mol. The molecular formula is C17H20FN3O2. The van der Waals surface area contributed by atoms with Gasteiger partial charge in [0.05, 0.1) is 18.7 Å². The van der Waals surface area contributed by atoms with Crippen LogP contribution in [0.25, 0.3) is 0 Å². The lowest BCUT2D eigenvalue weighted by Gasteiger charge is -2.23. The molecule has 1 aromatic carbocycles. The van der Waals surface area contributed by atoms with Crippen molar-refractivity contribution in [1.29, 1.82) is 0 Å². The van der Waals surface area contributed by atoms with Crippen LogP contribution in [0.4, 0.5) is 4.39 Å². The lowest BCUT2D eigenvalue weighted by molar-refractivity contribution is -0.137. The number of hydrogen-bond donors (Lipinski definition) is 1. The van der Waals surface area contributed by atoms with Gasteiger partial charge in [-0.25, -0.2) is 4.39 Å². The Morgan fingerprint density at radius 3 is 2.78 bits per heavy atom. The van der Waals surface area contributed by atoms with E-state index in [1.54, 1.807) is 12.1 Å². The molecule has 6 heteroatoms. The maximum Gasteiger partial charge on any atom is 0.305 e. The molecule has 0 saturated heterocycles. The molecule has 0 aliphatic carbocycles. The number of benzene rings is 1. The van der Waals surface area contributed by atoms with Crippen molar-refractivity contribution in [3.8, 4) is 0 Å². The van der Waals surface area contributed by atoms with Crippen LogP contribution in [-0.2, 0) is 30.7 Å². The van der Waals surface area contributed by atoms with Gasteiger partial charge in [-0.2, -0.15) is 5.10 Å². The average molecular weight is 317 g/mol. The van der Waals surface area contributed by atoms with Crippen LogP contribution in [-0.4, -0.2) is 39.3 Å². The van der Waals surface area contributed by atoms with Crippen LogP contribution in [0.15, 0.2) is 24.3 Å². The summed E-state index contributed by atoms with van der Waals surface area (Å²) in [5, 5.41) is 13.6. The van der Waals surface area contributed by atoms with E-state index < -0.39 is 5.97 Å². The Kier molecular flexibility index (Phi) is 4.43. The number of carboxylic acid groups (broad SMARTS) is 1. The smallest absolute Gasteiger partial charge is 0.305 e. The van der Waals surface area contributed by atoms with Gasteiger partial charge in [0.25, 0.3) is 0 Å². The van der Waals surface area contributed by atoms with E-state index in [0.29, 0.717) is 13.0 Å². The lowest BCUT2D eigenvalue weighted by Crippen LogP contribution is -2.28. The number of rotatable bonds is 5. The van der Waals surface area contributed by atoms with Gasteiger partial charge in [-0.15, -0.1) is 0 Å². The number of aryl methyl sites for hydroxylation is 1. The van der Waals surface area contributed by atoms with E-state index >= 15 is 0 Å². The minimum atomic E-state index is -0.817. The van der Waals surface area contributed by atoms with Crippen LogP contribution in [0.5, 0.6) is 0 Å². The Morgan fingerprint density at radius 1 is 1.35 bits per heavy atom. The summed E-state index contributed by atoms with van der Waals surface area (Å²) in [5.74, 6) is -1.07. The van der Waals surface area contributed by atoms with Gasteiger partial charge in [0, 0.05) is 37.2 Å². The highest BCUT2D eigenvalue weighted by Gasteiger charge is 2.23. The Hall–Kier alpha value is -2.21. The highest BCUT2D eigenvalue weighted by Crippen LogP contribution is 2.24. The van der Waals surface area contributed by atoms with E-state index in [1.165, 1.54) is 17.7 Å². The zero-order valence-corrected chi connectivity index (χ0v) is 13.1. The summed E-state index contributed by atoms with van der Waals surface area (Å²) >= 11 is 0. The number of likely N-dealkylation sites (N-methyl/N-ethyl adjacent to an activating group) is 1. The third-order valence-corrected chi connectivity index (χ3v) is 4.23. The minimum Gasteiger partial charge on any atom is -0.481 e. The van der Waals surface area contributed by atoms with E-state index in [-0.39, 0.29) is 12.2 Å². The van der Waals surface area contributed by atoms with Gasteiger partial charge in [0.15, 0.2) is 0 Å². The number of fused-ring (bicyclic) bond motifs is 1. The van der Waals surface area contributed by atoms with Crippen molar-refractivity contribution in [3.63, 3.8) is 0 Å². The summed E-state index contributed by atoms with van der Waals surface area (Å²) in [7, 11) is 2.07. The van der Waals surface area contributed by atoms with E-state index in [9.17, 15) is 9.18 Å². The quantitative estimate of drug-likeness (QED) is 0.917. The molecule has 1 N–H and O–H groups in total. The number of nitrogens with zero attached hydrogens (tertiary/aromatic N) is 3. The molecule has 0 amide bonds. The standard InChI is InChI=1S/C17H20FN3O2/c1-20-8-6-16-14(11-20)15(19-21(16)9-7-17(22)23)10-12-2-4-13(18)5-3-12/h2-5H,6-11H2,1H3,(H,22,23). The van der Waals surface area contributed by atoms with Gasteiger partial charge >= 0.3 is 5.97 Å². The molecule has 0 unspecified atom stereocenters. The maximum absolute atomic E-state index is 13.0. The number of hydrogen-bond acceptors (Lipinski definition) is 3. The summed E-state index contributed by atoms with van der Waals surface area (Å²) in [5.41, 5.74) is 4.30. The topological polar surface area (TPSA) is 58.4 Å². The molecule has 0 radical (unpaired) electrons. The first kappa shape index (κ1) is 15.7. The third kappa shape index (κ3) is 3.59. The molecule has 122 valence electrons. The molecule has 3 rings (SSSR count). The number of halogens is 1. The second-order valence-electron chi connectivity index (χ2n) is 6.03. The minimum absolute atomic E-state index is 0.0694. The van der Waals surface area contributed by atoms with Crippen LogP contribution in [0.1, 0.15) is 28.9 Å². The van der Waals surface area contributed by atoms with Crippen molar-refractivity contribution in [1.82, 2.24) is 14.7 Å². The number of carboxylic acids is 1. The Morgan fingerprint density at radius 2 is 2.09 bits per heavy atom. The summed E-state index contributed by atoms with van der Waals surface area (Å²) < 4.78 is 14.9. The Bertz CT molecular complexity index is 709. The van der Waals surface area contributed by atoms with Gasteiger partial charge in [0.1, 0.15) is 5.82 Å². The first-order valence-electron chi connectivity index (χ1n) is 7.75. The number of aromatic nitrogens is 2. The fourth-order valence-corrected chi connectivity index (χ4v) is 3.02. The second-order valence-corrected chi connectivity index (χ2v) is 6.03. The molecule has 0 saturated carbocycles. The van der Waals surface area contributed by atoms with Crippen molar-refractivity contribution in [2.45, 2.75) is 32.4 Å². The van der Waals surface area contributed by atoms with Gasteiger partial charge in [-0.1, -0.05) is 12.1 Å². The maximum atomic E-state index is 13.0. The van der Waals surface area contributed by atoms with Gasteiger partial charge < -0.3 is 10.0 Å². The Labute approximate surface area is 134 Å². The monoisotopic (exact) mass is 317 g/mol.